The number of nitrogens with zero attached hydrogens (tertiary/aromatic N) is 2. The summed E-state index contributed by atoms with van der Waals surface area (Å²) in [6.45, 7) is 3.57. The van der Waals surface area contributed by atoms with Crippen molar-refractivity contribution in [1.82, 2.24) is 0 Å². The highest BCUT2D eigenvalue weighted by Gasteiger charge is 2.19. The Morgan fingerprint density at radius 2 is 2.11 bits per heavy atom. The molecule has 0 radical (unpaired) electrons. The van der Waals surface area contributed by atoms with E-state index >= 15 is 0 Å². The first-order chi connectivity index (χ1) is 8.32. The van der Waals surface area contributed by atoms with Crippen molar-refractivity contribution in [2.75, 3.05) is 11.9 Å². The Hall–Kier alpha value is -2.31. The van der Waals surface area contributed by atoms with Gasteiger partial charge in [-0.05, 0) is 19.9 Å². The lowest BCUT2D eigenvalue weighted by molar-refractivity contribution is -0.384. The quantitative estimate of drug-likeness (QED) is 0.658. The smallest absolute Gasteiger partial charge is 0.411 e. The largest absolute Gasteiger partial charge is 0.489 e. The van der Waals surface area contributed by atoms with Gasteiger partial charge >= 0.3 is 6.09 Å². The molecule has 98 valence electrons. The van der Waals surface area contributed by atoms with Crippen LogP contribution in [0.1, 0.15) is 13.8 Å². The van der Waals surface area contributed by atoms with Crippen molar-refractivity contribution in [2.45, 2.75) is 20.0 Å². The van der Waals surface area contributed by atoms with E-state index in [-0.39, 0.29) is 17.5 Å². The van der Waals surface area contributed by atoms with Crippen LogP contribution in [0.15, 0.2) is 18.2 Å². The Kier molecular flexibility index (Phi) is 4.09. The lowest BCUT2D eigenvalue weighted by Crippen LogP contribution is -2.25. The summed E-state index contributed by atoms with van der Waals surface area (Å²) < 4.78 is 5.42. The second kappa shape index (κ2) is 5.35. The van der Waals surface area contributed by atoms with E-state index in [0.29, 0.717) is 5.75 Å². The van der Waals surface area contributed by atoms with Gasteiger partial charge in [-0.1, -0.05) is 0 Å². The standard InChI is InChI=1S/C11H14N2O5/c1-7(2)18-10-5-4-8(13(16)17)6-9(10)12(3)11(14)15/h4-7H,1-3H3,(H,14,15). The van der Waals surface area contributed by atoms with Crippen molar-refractivity contribution in [1.29, 1.82) is 0 Å². The van der Waals surface area contributed by atoms with E-state index < -0.39 is 11.0 Å². The second-order valence-corrected chi connectivity index (χ2v) is 3.92. The monoisotopic (exact) mass is 254 g/mol. The molecular weight excluding hydrogens is 240 g/mol. The molecule has 1 amide bonds. The molecule has 0 atom stereocenters. The summed E-state index contributed by atoms with van der Waals surface area (Å²) in [5.41, 5.74) is -0.0420. The summed E-state index contributed by atoms with van der Waals surface area (Å²) in [4.78, 5) is 21.9. The maximum absolute atomic E-state index is 10.9. The third-order valence-electron chi connectivity index (χ3n) is 2.16. The first-order valence-corrected chi connectivity index (χ1v) is 5.24. The van der Waals surface area contributed by atoms with E-state index in [1.54, 1.807) is 13.8 Å². The predicted octanol–water partition coefficient (Wildman–Crippen LogP) is 2.50. The van der Waals surface area contributed by atoms with Crippen LogP contribution in [0.3, 0.4) is 0 Å². The third kappa shape index (κ3) is 3.09. The lowest BCUT2D eigenvalue weighted by atomic mass is 10.2. The van der Waals surface area contributed by atoms with Gasteiger partial charge < -0.3 is 9.84 Å². The molecule has 0 heterocycles. The molecule has 1 rings (SSSR count). The molecule has 0 spiro atoms. The Morgan fingerprint density at radius 1 is 1.50 bits per heavy atom. The van der Waals surface area contributed by atoms with Crippen LogP contribution < -0.4 is 9.64 Å². The third-order valence-corrected chi connectivity index (χ3v) is 2.16. The fourth-order valence-corrected chi connectivity index (χ4v) is 1.34. The van der Waals surface area contributed by atoms with Crippen molar-refractivity contribution >= 4 is 17.5 Å². The number of benzene rings is 1. The molecule has 0 aromatic heterocycles. The number of amides is 1. The Labute approximate surface area is 104 Å². The molecule has 0 bridgehead atoms. The topological polar surface area (TPSA) is 92.9 Å². The number of non-ortho nitro benzene ring substituents is 1. The molecule has 0 fully saturated rings. The van der Waals surface area contributed by atoms with Gasteiger partial charge in [-0.25, -0.2) is 4.79 Å². The molecule has 0 aliphatic rings. The molecule has 1 aromatic rings. The van der Waals surface area contributed by atoms with E-state index in [2.05, 4.69) is 0 Å². The highest BCUT2D eigenvalue weighted by molar-refractivity contribution is 5.88. The SMILES string of the molecule is CC(C)Oc1ccc([N+](=O)[O-])cc1N(C)C(=O)O. The van der Waals surface area contributed by atoms with Crippen molar-refractivity contribution in [3.63, 3.8) is 0 Å². The van der Waals surface area contributed by atoms with Crippen LogP contribution in [-0.2, 0) is 0 Å². The molecule has 0 aliphatic heterocycles. The van der Waals surface area contributed by atoms with Gasteiger partial charge in [-0.2, -0.15) is 0 Å². The van der Waals surface area contributed by atoms with Gasteiger partial charge in [-0.3, -0.25) is 15.0 Å². The van der Waals surface area contributed by atoms with Crippen LogP contribution in [0.5, 0.6) is 5.75 Å². The first kappa shape index (κ1) is 13.8. The fourth-order valence-electron chi connectivity index (χ4n) is 1.34. The van der Waals surface area contributed by atoms with Gasteiger partial charge in [0.05, 0.1) is 16.7 Å². The average Bonchev–Trinajstić information content (AvgIpc) is 2.27. The van der Waals surface area contributed by atoms with Crippen molar-refractivity contribution in [3.8, 4) is 5.75 Å². The minimum Gasteiger partial charge on any atom is -0.489 e. The number of anilines is 1. The number of nitro benzene ring substituents is 1. The molecule has 1 N–H and O–H groups in total. The summed E-state index contributed by atoms with van der Waals surface area (Å²) in [6, 6.07) is 3.84. The zero-order valence-corrected chi connectivity index (χ0v) is 10.3. The summed E-state index contributed by atoms with van der Waals surface area (Å²) in [6.07, 6.45) is -1.38. The number of hydrogen-bond donors (Lipinski definition) is 1. The Balaban J connectivity index is 3.25. The molecule has 18 heavy (non-hydrogen) atoms. The minimum absolute atomic E-state index is 0.144. The van der Waals surface area contributed by atoms with Gasteiger partial charge in [0.25, 0.3) is 5.69 Å². The highest BCUT2D eigenvalue weighted by atomic mass is 16.6. The molecule has 0 saturated carbocycles. The van der Waals surface area contributed by atoms with E-state index in [4.69, 9.17) is 9.84 Å². The van der Waals surface area contributed by atoms with Gasteiger partial charge in [-0.15, -0.1) is 0 Å². The Bertz CT molecular complexity index is 473. The summed E-state index contributed by atoms with van der Waals surface area (Å²) >= 11 is 0. The van der Waals surface area contributed by atoms with Gasteiger partial charge in [0.1, 0.15) is 5.75 Å². The number of hydrogen-bond acceptors (Lipinski definition) is 4. The molecule has 0 unspecified atom stereocenters. The van der Waals surface area contributed by atoms with Crippen molar-refractivity contribution in [3.05, 3.63) is 28.3 Å². The molecule has 0 saturated heterocycles. The minimum atomic E-state index is -1.22. The summed E-state index contributed by atoms with van der Waals surface area (Å²) in [5.74, 6) is 0.292. The van der Waals surface area contributed by atoms with Crippen LogP contribution in [0, 0.1) is 10.1 Å². The molecular formula is C11H14N2O5. The number of carbonyl (C=O) groups is 1. The lowest BCUT2D eigenvalue weighted by Gasteiger charge is -2.19. The number of ether oxygens (including phenoxy) is 1. The highest BCUT2D eigenvalue weighted by Crippen LogP contribution is 2.32. The van der Waals surface area contributed by atoms with Gasteiger partial charge in [0.15, 0.2) is 0 Å². The fraction of sp³-hybridized carbons (Fsp3) is 0.364. The van der Waals surface area contributed by atoms with Crippen LogP contribution >= 0.6 is 0 Å². The maximum Gasteiger partial charge on any atom is 0.411 e. The summed E-state index contributed by atoms with van der Waals surface area (Å²) in [5, 5.41) is 19.6. The first-order valence-electron chi connectivity index (χ1n) is 5.24. The molecule has 7 heteroatoms. The van der Waals surface area contributed by atoms with Crippen LogP contribution in [0.4, 0.5) is 16.2 Å². The zero-order chi connectivity index (χ0) is 13.9. The van der Waals surface area contributed by atoms with Crippen LogP contribution in [0.2, 0.25) is 0 Å². The van der Waals surface area contributed by atoms with Gasteiger partial charge in [0.2, 0.25) is 0 Å². The number of carboxylic acid groups (broad SMARTS) is 1. The molecule has 0 aliphatic carbocycles. The second-order valence-electron chi connectivity index (χ2n) is 3.92. The average molecular weight is 254 g/mol. The van der Waals surface area contributed by atoms with E-state index in [0.717, 1.165) is 4.90 Å². The zero-order valence-electron chi connectivity index (χ0n) is 10.3. The van der Waals surface area contributed by atoms with Crippen LogP contribution in [0.25, 0.3) is 0 Å². The number of nitro groups is 1. The predicted molar refractivity (Wildman–Crippen MR) is 65.3 cm³/mol. The molecule has 1 aromatic carbocycles. The van der Waals surface area contributed by atoms with Crippen molar-refractivity contribution in [2.24, 2.45) is 0 Å². The Morgan fingerprint density at radius 3 is 2.56 bits per heavy atom. The maximum atomic E-state index is 10.9. The molecule has 7 nitrogen and oxygen atoms in total. The summed E-state index contributed by atoms with van der Waals surface area (Å²) in [7, 11) is 1.30. The van der Waals surface area contributed by atoms with E-state index in [1.165, 1.54) is 25.2 Å². The van der Waals surface area contributed by atoms with Crippen molar-refractivity contribution < 1.29 is 19.6 Å². The van der Waals surface area contributed by atoms with E-state index in [1.807, 2.05) is 0 Å². The van der Waals surface area contributed by atoms with Gasteiger partial charge in [0, 0.05) is 19.2 Å². The van der Waals surface area contributed by atoms with E-state index in [9.17, 15) is 14.9 Å². The normalized spacial score (nSPS) is 10.2. The van der Waals surface area contributed by atoms with Crippen LogP contribution in [-0.4, -0.2) is 29.3 Å². The number of rotatable bonds is 4.